The molecule has 222 valence electrons. The van der Waals surface area contributed by atoms with Gasteiger partial charge in [-0.1, -0.05) is 39.0 Å². The molecule has 3 aliphatic carbocycles. The molecule has 2 bridgehead atoms. The molecule has 1 saturated heterocycles. The van der Waals surface area contributed by atoms with Gasteiger partial charge < -0.3 is 24.1 Å². The molecule has 4 aliphatic rings. The van der Waals surface area contributed by atoms with Gasteiger partial charge in [-0.2, -0.15) is 0 Å². The van der Waals surface area contributed by atoms with Crippen molar-refractivity contribution in [2.45, 2.75) is 84.5 Å². The molecule has 3 fully saturated rings. The van der Waals surface area contributed by atoms with Gasteiger partial charge in [0, 0.05) is 32.1 Å². The summed E-state index contributed by atoms with van der Waals surface area (Å²) >= 11 is 0. The molecule has 1 aromatic carbocycles. The van der Waals surface area contributed by atoms with Crippen molar-refractivity contribution in [3.05, 3.63) is 47.2 Å². The fourth-order valence-corrected chi connectivity index (χ4v) is 7.93. The van der Waals surface area contributed by atoms with Gasteiger partial charge in [0.25, 0.3) is 0 Å². The van der Waals surface area contributed by atoms with E-state index in [0.29, 0.717) is 5.57 Å². The van der Waals surface area contributed by atoms with E-state index < -0.39 is 82.4 Å². The lowest BCUT2D eigenvalue weighted by atomic mass is 9.46. The number of carbonyl (C=O) groups excluding carboxylic acids is 4. The summed E-state index contributed by atoms with van der Waals surface area (Å²) in [4.78, 5) is 53.1. The first-order valence-corrected chi connectivity index (χ1v) is 14.0. The lowest BCUT2D eigenvalue weighted by molar-refractivity contribution is -0.329. The van der Waals surface area contributed by atoms with Crippen LogP contribution >= 0.6 is 0 Å². The fourth-order valence-electron chi connectivity index (χ4n) is 7.93. The number of rotatable bonds is 4. The Hall–Kier alpha value is -3.11. The second-order valence-corrected chi connectivity index (χ2v) is 12.6. The molecule has 9 nitrogen and oxygen atoms in total. The maximum atomic E-state index is 16.5. The number of Topliss-reactive ketones (excluding diaryl/α,β-unsaturated/α-hetero) is 1. The Kier molecular flexibility index (Phi) is 7.18. The number of fused-ring (bicyclic) bond motifs is 5. The number of ketones is 1. The Bertz CT molecular complexity index is 1310. The van der Waals surface area contributed by atoms with Crippen LogP contribution in [0.1, 0.15) is 64.7 Å². The summed E-state index contributed by atoms with van der Waals surface area (Å²) in [5.74, 6) is -5.75. The average molecular weight is 573 g/mol. The van der Waals surface area contributed by atoms with Crippen molar-refractivity contribution < 1.29 is 47.6 Å². The van der Waals surface area contributed by atoms with Crippen molar-refractivity contribution in [2.75, 3.05) is 6.61 Å². The SMILES string of the molecule is CC(=O)OC1=C2C(C)[C@@H](O)CC([C@@H](OC(=O)c3ccccc3)C3[C@](C)(C1=O)C(F)C[C@H]1OC[C@@]31OC(C)=O)C2(C)C. The zero-order chi connectivity index (χ0) is 30.1. The second-order valence-electron chi connectivity index (χ2n) is 12.6. The van der Waals surface area contributed by atoms with E-state index in [1.165, 1.54) is 13.8 Å². The van der Waals surface area contributed by atoms with E-state index in [2.05, 4.69) is 0 Å². The Morgan fingerprint density at radius 3 is 2.27 bits per heavy atom. The third-order valence-electron chi connectivity index (χ3n) is 9.95. The molecule has 9 atom stereocenters. The number of allylic oxidation sites excluding steroid dienone is 1. The van der Waals surface area contributed by atoms with Crippen LogP contribution in [0.2, 0.25) is 0 Å². The highest BCUT2D eigenvalue weighted by Crippen LogP contribution is 2.64. The fraction of sp³-hybridized carbons (Fsp3) is 0.613. The monoisotopic (exact) mass is 572 g/mol. The molecule has 41 heavy (non-hydrogen) atoms. The van der Waals surface area contributed by atoms with Gasteiger partial charge in [-0.05, 0) is 36.5 Å². The molecule has 2 saturated carbocycles. The third-order valence-corrected chi connectivity index (χ3v) is 9.95. The molecular formula is C31H37FO9. The van der Waals surface area contributed by atoms with Crippen LogP contribution in [0.15, 0.2) is 41.7 Å². The first kappa shape index (κ1) is 29.4. The van der Waals surface area contributed by atoms with Gasteiger partial charge in [0.15, 0.2) is 11.4 Å². The van der Waals surface area contributed by atoms with Crippen molar-refractivity contribution in [3.63, 3.8) is 0 Å². The number of esters is 3. The van der Waals surface area contributed by atoms with Crippen LogP contribution in [0.5, 0.6) is 0 Å². The number of alkyl halides is 1. The number of aliphatic hydroxyl groups excluding tert-OH is 1. The molecule has 0 spiro atoms. The zero-order valence-electron chi connectivity index (χ0n) is 24.1. The van der Waals surface area contributed by atoms with E-state index in [1.807, 2.05) is 13.8 Å². The molecule has 1 heterocycles. The highest BCUT2D eigenvalue weighted by atomic mass is 19.1. The number of benzene rings is 1. The number of carbonyl (C=O) groups is 4. The van der Waals surface area contributed by atoms with Crippen LogP contribution in [0, 0.1) is 28.6 Å². The summed E-state index contributed by atoms with van der Waals surface area (Å²) in [5, 5.41) is 11.3. The maximum absolute atomic E-state index is 16.5. The van der Waals surface area contributed by atoms with E-state index >= 15 is 4.39 Å². The van der Waals surface area contributed by atoms with Crippen LogP contribution in [0.25, 0.3) is 0 Å². The van der Waals surface area contributed by atoms with Gasteiger partial charge in [0.2, 0.25) is 5.78 Å². The quantitative estimate of drug-likeness (QED) is 0.424. The van der Waals surface area contributed by atoms with Crippen LogP contribution in [-0.2, 0) is 33.3 Å². The predicted molar refractivity (Wildman–Crippen MR) is 142 cm³/mol. The van der Waals surface area contributed by atoms with Crippen molar-refractivity contribution in [3.8, 4) is 0 Å². The Labute approximate surface area is 238 Å². The van der Waals surface area contributed by atoms with Crippen molar-refractivity contribution in [2.24, 2.45) is 28.6 Å². The number of aliphatic hydroxyl groups is 1. The summed E-state index contributed by atoms with van der Waals surface area (Å²) in [6.45, 7) is 9.06. The van der Waals surface area contributed by atoms with Crippen LogP contribution in [0.3, 0.4) is 0 Å². The van der Waals surface area contributed by atoms with Crippen LogP contribution < -0.4 is 0 Å². The molecule has 5 rings (SSSR count). The first-order valence-electron chi connectivity index (χ1n) is 14.0. The minimum atomic E-state index is -1.94. The largest absolute Gasteiger partial charge is 0.458 e. The molecule has 0 amide bonds. The molecule has 1 aliphatic heterocycles. The smallest absolute Gasteiger partial charge is 0.338 e. The molecular weight excluding hydrogens is 535 g/mol. The zero-order valence-corrected chi connectivity index (χ0v) is 24.1. The van der Waals surface area contributed by atoms with Crippen molar-refractivity contribution in [1.82, 2.24) is 0 Å². The third kappa shape index (κ3) is 4.33. The Balaban J connectivity index is 1.81. The Morgan fingerprint density at radius 1 is 1.05 bits per heavy atom. The van der Waals surface area contributed by atoms with E-state index in [-0.39, 0.29) is 30.8 Å². The van der Waals surface area contributed by atoms with E-state index in [0.717, 1.165) is 6.92 Å². The van der Waals surface area contributed by atoms with Gasteiger partial charge in [-0.3, -0.25) is 14.4 Å². The van der Waals surface area contributed by atoms with Crippen LogP contribution in [0.4, 0.5) is 4.39 Å². The van der Waals surface area contributed by atoms with E-state index in [4.69, 9.17) is 18.9 Å². The summed E-state index contributed by atoms with van der Waals surface area (Å²) in [7, 11) is 0. The molecule has 0 aromatic heterocycles. The van der Waals surface area contributed by atoms with Gasteiger partial charge >= 0.3 is 17.9 Å². The summed E-state index contributed by atoms with van der Waals surface area (Å²) < 4.78 is 40.0. The first-order chi connectivity index (χ1) is 19.2. The van der Waals surface area contributed by atoms with E-state index in [1.54, 1.807) is 37.3 Å². The minimum Gasteiger partial charge on any atom is -0.458 e. The molecule has 0 radical (unpaired) electrons. The molecule has 1 aromatic rings. The van der Waals surface area contributed by atoms with Crippen molar-refractivity contribution >= 4 is 23.7 Å². The average Bonchev–Trinajstić information content (AvgIpc) is 2.89. The number of hydrogen-bond donors (Lipinski definition) is 1. The highest BCUT2D eigenvalue weighted by Gasteiger charge is 2.75. The van der Waals surface area contributed by atoms with Gasteiger partial charge in [0.05, 0.1) is 29.6 Å². The Morgan fingerprint density at radius 2 is 1.71 bits per heavy atom. The highest BCUT2D eigenvalue weighted by molar-refractivity contribution is 6.02. The van der Waals surface area contributed by atoms with Gasteiger partial charge in [-0.15, -0.1) is 0 Å². The van der Waals surface area contributed by atoms with Crippen molar-refractivity contribution in [1.29, 1.82) is 0 Å². The number of halogens is 1. The summed E-state index contributed by atoms with van der Waals surface area (Å²) in [6.07, 6.45) is -5.00. The van der Waals surface area contributed by atoms with E-state index in [9.17, 15) is 24.3 Å². The van der Waals surface area contributed by atoms with Crippen LogP contribution in [-0.4, -0.2) is 65.5 Å². The number of ether oxygens (including phenoxy) is 4. The lowest BCUT2D eigenvalue weighted by Gasteiger charge is -2.65. The summed E-state index contributed by atoms with van der Waals surface area (Å²) in [5.41, 5.74) is -3.80. The lowest BCUT2D eigenvalue weighted by Crippen LogP contribution is -2.78. The van der Waals surface area contributed by atoms with Gasteiger partial charge in [0.1, 0.15) is 18.4 Å². The topological polar surface area (TPSA) is 125 Å². The standard InChI is InChI=1S/C31H37FO9/c1-15-20(35)12-19-24(40-28(37)18-10-8-7-9-11-18)26-30(6,21(32)13-22-31(26,14-38-22)41-17(3)34)27(36)25(39-16(2)33)23(15)29(19,4)5/h7-11,15,19-22,24,26,35H,12-14H2,1-6H3/t15?,19?,20-,21?,22+,24+,26?,30+,31-/m0/s1. The summed E-state index contributed by atoms with van der Waals surface area (Å²) in [6, 6.07) is 8.27. The predicted octanol–water partition coefficient (Wildman–Crippen LogP) is 3.72. The second kappa shape index (κ2) is 10.0. The minimum absolute atomic E-state index is 0.136. The molecule has 10 heteroatoms. The maximum Gasteiger partial charge on any atom is 0.338 e. The molecule has 4 unspecified atom stereocenters. The normalized spacial score (nSPS) is 39.2. The molecule has 1 N–H and O–H groups in total. The number of hydrogen-bond acceptors (Lipinski definition) is 9. The van der Waals surface area contributed by atoms with Gasteiger partial charge in [-0.25, -0.2) is 9.18 Å².